The van der Waals surface area contributed by atoms with Gasteiger partial charge in [-0.3, -0.25) is 0 Å². The van der Waals surface area contributed by atoms with Gasteiger partial charge in [0.2, 0.25) is 0 Å². The molecule has 1 aliphatic rings. The van der Waals surface area contributed by atoms with E-state index in [1.54, 1.807) is 0 Å². The Balaban J connectivity index is 1.82. The van der Waals surface area contributed by atoms with Gasteiger partial charge in [0.15, 0.2) is 0 Å². The first-order valence-corrected chi connectivity index (χ1v) is 6.98. The van der Waals surface area contributed by atoms with Crippen molar-refractivity contribution in [2.24, 2.45) is 5.92 Å². The third-order valence-electron chi connectivity index (χ3n) is 3.11. The Morgan fingerprint density at radius 1 is 1.44 bits per heavy atom. The molecule has 0 bridgehead atoms. The molecule has 1 N–H and O–H groups in total. The molecule has 1 aliphatic heterocycles. The lowest BCUT2D eigenvalue weighted by Gasteiger charge is -2.17. The van der Waals surface area contributed by atoms with Crippen molar-refractivity contribution in [3.63, 3.8) is 0 Å². The Morgan fingerprint density at radius 2 is 2.19 bits per heavy atom. The first-order valence-electron chi connectivity index (χ1n) is 5.82. The summed E-state index contributed by atoms with van der Waals surface area (Å²) < 4.78 is 12.8. The number of nitrogens with one attached hydrogen (secondary N) is 1. The van der Waals surface area contributed by atoms with E-state index in [0.29, 0.717) is 6.04 Å². The summed E-state index contributed by atoms with van der Waals surface area (Å²) in [5.74, 6) is 3.23. The van der Waals surface area contributed by atoms with Gasteiger partial charge < -0.3 is 5.32 Å². The van der Waals surface area contributed by atoms with E-state index in [1.807, 2.05) is 23.9 Å². The van der Waals surface area contributed by atoms with Gasteiger partial charge >= 0.3 is 0 Å². The Kier molecular flexibility index (Phi) is 4.24. The summed E-state index contributed by atoms with van der Waals surface area (Å²) in [5.41, 5.74) is 1.16. The van der Waals surface area contributed by atoms with Gasteiger partial charge in [0.05, 0.1) is 0 Å². The third-order valence-corrected chi connectivity index (χ3v) is 4.34. The predicted octanol–water partition coefficient (Wildman–Crippen LogP) is 3.23. The molecule has 1 aromatic rings. The van der Waals surface area contributed by atoms with Gasteiger partial charge in [0.1, 0.15) is 5.82 Å². The van der Waals surface area contributed by atoms with Gasteiger partial charge in [-0.25, -0.2) is 4.39 Å². The zero-order chi connectivity index (χ0) is 11.4. The lowest BCUT2D eigenvalue weighted by atomic mass is 10.1. The summed E-state index contributed by atoms with van der Waals surface area (Å²) in [6.07, 6.45) is 1.33. The molecular weight excluding hydrogens is 221 g/mol. The minimum atomic E-state index is -0.164. The van der Waals surface area contributed by atoms with Crippen LogP contribution >= 0.6 is 11.8 Å². The highest BCUT2D eigenvalue weighted by molar-refractivity contribution is 7.99. The molecule has 0 amide bonds. The second kappa shape index (κ2) is 5.69. The number of thioether (sulfide) groups is 1. The number of halogens is 1. The van der Waals surface area contributed by atoms with Crippen molar-refractivity contribution in [1.29, 1.82) is 0 Å². The number of benzene rings is 1. The minimum absolute atomic E-state index is 0.164. The lowest BCUT2D eigenvalue weighted by Crippen LogP contribution is -2.25. The maximum absolute atomic E-state index is 12.8. The van der Waals surface area contributed by atoms with E-state index in [9.17, 15) is 4.39 Å². The highest BCUT2D eigenvalue weighted by atomic mass is 32.2. The molecule has 2 atom stereocenters. The van der Waals surface area contributed by atoms with E-state index in [1.165, 1.54) is 30.1 Å². The average Bonchev–Trinajstić information content (AvgIpc) is 2.80. The molecule has 1 aromatic carbocycles. The first-order chi connectivity index (χ1) is 7.75. The Morgan fingerprint density at radius 3 is 2.81 bits per heavy atom. The highest BCUT2D eigenvalue weighted by Gasteiger charge is 2.16. The van der Waals surface area contributed by atoms with Crippen molar-refractivity contribution in [3.05, 3.63) is 35.6 Å². The van der Waals surface area contributed by atoms with E-state index >= 15 is 0 Å². The SMILES string of the molecule is CC(NCC1CCSC1)c1ccc(F)cc1. The molecule has 1 saturated heterocycles. The smallest absolute Gasteiger partial charge is 0.123 e. The maximum atomic E-state index is 12.8. The molecule has 0 spiro atoms. The van der Waals surface area contributed by atoms with Crippen LogP contribution in [0.4, 0.5) is 4.39 Å². The van der Waals surface area contributed by atoms with Crippen molar-refractivity contribution < 1.29 is 4.39 Å². The summed E-state index contributed by atoms with van der Waals surface area (Å²) in [6, 6.07) is 7.08. The molecule has 0 saturated carbocycles. The maximum Gasteiger partial charge on any atom is 0.123 e. The second-order valence-corrected chi connectivity index (χ2v) is 5.56. The zero-order valence-electron chi connectivity index (χ0n) is 9.58. The molecule has 88 valence electrons. The van der Waals surface area contributed by atoms with Gasteiger partial charge in [0, 0.05) is 6.04 Å². The molecule has 0 aromatic heterocycles. The Bertz CT molecular complexity index is 319. The lowest BCUT2D eigenvalue weighted by molar-refractivity contribution is 0.477. The molecule has 0 radical (unpaired) electrons. The minimum Gasteiger partial charge on any atom is -0.310 e. The predicted molar refractivity (Wildman–Crippen MR) is 68.2 cm³/mol. The van der Waals surface area contributed by atoms with Gasteiger partial charge in [-0.05, 0) is 55.0 Å². The first kappa shape index (κ1) is 11.9. The quantitative estimate of drug-likeness (QED) is 0.865. The van der Waals surface area contributed by atoms with E-state index in [2.05, 4.69) is 12.2 Å². The Hall–Kier alpha value is -0.540. The van der Waals surface area contributed by atoms with Crippen LogP contribution in [0.3, 0.4) is 0 Å². The van der Waals surface area contributed by atoms with Crippen LogP contribution in [-0.4, -0.2) is 18.1 Å². The topological polar surface area (TPSA) is 12.0 Å². The normalized spacial score (nSPS) is 22.2. The molecule has 1 heterocycles. The van der Waals surface area contributed by atoms with E-state index in [0.717, 1.165) is 18.0 Å². The van der Waals surface area contributed by atoms with Crippen LogP contribution in [0, 0.1) is 11.7 Å². The van der Waals surface area contributed by atoms with Crippen LogP contribution in [-0.2, 0) is 0 Å². The summed E-state index contributed by atoms with van der Waals surface area (Å²) in [6.45, 7) is 3.21. The molecule has 16 heavy (non-hydrogen) atoms. The summed E-state index contributed by atoms with van der Waals surface area (Å²) in [7, 11) is 0. The number of rotatable bonds is 4. The molecule has 0 aliphatic carbocycles. The van der Waals surface area contributed by atoms with Crippen LogP contribution in [0.15, 0.2) is 24.3 Å². The average molecular weight is 239 g/mol. The fourth-order valence-electron chi connectivity index (χ4n) is 1.96. The third kappa shape index (κ3) is 3.22. The zero-order valence-corrected chi connectivity index (χ0v) is 10.4. The standard InChI is InChI=1S/C13H18FNS/c1-10(12-2-4-13(14)5-3-12)15-8-11-6-7-16-9-11/h2-5,10-11,15H,6-9H2,1H3. The van der Waals surface area contributed by atoms with Crippen molar-refractivity contribution in [2.45, 2.75) is 19.4 Å². The summed E-state index contributed by atoms with van der Waals surface area (Å²) >= 11 is 2.04. The largest absolute Gasteiger partial charge is 0.310 e. The van der Waals surface area contributed by atoms with Crippen LogP contribution in [0.5, 0.6) is 0 Å². The van der Waals surface area contributed by atoms with Crippen LogP contribution in [0.25, 0.3) is 0 Å². The van der Waals surface area contributed by atoms with Crippen LogP contribution < -0.4 is 5.32 Å². The summed E-state index contributed by atoms with van der Waals surface area (Å²) in [5, 5.41) is 3.52. The van der Waals surface area contributed by atoms with Crippen molar-refractivity contribution in [3.8, 4) is 0 Å². The highest BCUT2D eigenvalue weighted by Crippen LogP contribution is 2.23. The van der Waals surface area contributed by atoms with Crippen molar-refractivity contribution in [1.82, 2.24) is 5.32 Å². The number of hydrogen-bond acceptors (Lipinski definition) is 2. The van der Waals surface area contributed by atoms with Gasteiger partial charge in [0.25, 0.3) is 0 Å². The van der Waals surface area contributed by atoms with Crippen LogP contribution in [0.1, 0.15) is 24.9 Å². The van der Waals surface area contributed by atoms with Gasteiger partial charge in [-0.1, -0.05) is 12.1 Å². The molecule has 1 nitrogen and oxygen atoms in total. The van der Waals surface area contributed by atoms with Gasteiger partial charge in [-0.2, -0.15) is 11.8 Å². The molecular formula is C13H18FNS. The van der Waals surface area contributed by atoms with E-state index < -0.39 is 0 Å². The Labute approximate surface area is 101 Å². The number of hydrogen-bond donors (Lipinski definition) is 1. The fraction of sp³-hybridized carbons (Fsp3) is 0.538. The van der Waals surface area contributed by atoms with Gasteiger partial charge in [-0.15, -0.1) is 0 Å². The monoisotopic (exact) mass is 239 g/mol. The molecule has 1 fully saturated rings. The van der Waals surface area contributed by atoms with Crippen molar-refractivity contribution in [2.75, 3.05) is 18.1 Å². The van der Waals surface area contributed by atoms with E-state index in [-0.39, 0.29) is 5.82 Å². The molecule has 2 rings (SSSR count). The van der Waals surface area contributed by atoms with Crippen LogP contribution in [0.2, 0.25) is 0 Å². The fourth-order valence-corrected chi connectivity index (χ4v) is 3.24. The summed E-state index contributed by atoms with van der Waals surface area (Å²) in [4.78, 5) is 0. The van der Waals surface area contributed by atoms with Crippen molar-refractivity contribution >= 4 is 11.8 Å². The molecule has 2 unspecified atom stereocenters. The van der Waals surface area contributed by atoms with E-state index in [4.69, 9.17) is 0 Å². The molecule has 3 heteroatoms. The second-order valence-electron chi connectivity index (χ2n) is 4.41.